The largest absolute Gasteiger partial charge is 0.465 e. The summed E-state index contributed by atoms with van der Waals surface area (Å²) >= 11 is 0. The molecule has 8 nitrogen and oxygen atoms in total. The fourth-order valence-electron chi connectivity index (χ4n) is 2.68. The van der Waals surface area contributed by atoms with Crippen molar-refractivity contribution in [3.8, 4) is 11.6 Å². The van der Waals surface area contributed by atoms with Gasteiger partial charge >= 0.3 is 5.97 Å². The van der Waals surface area contributed by atoms with E-state index in [0.29, 0.717) is 34.8 Å². The minimum Gasteiger partial charge on any atom is -0.465 e. The molecule has 3 rings (SSSR count). The maximum atomic E-state index is 12.2. The first kappa shape index (κ1) is 20.8. The lowest BCUT2D eigenvalue weighted by Gasteiger charge is -2.15. The Hall–Kier alpha value is -2.91. The number of esters is 1. The maximum Gasteiger partial charge on any atom is 0.341 e. The van der Waals surface area contributed by atoms with Gasteiger partial charge in [-0.05, 0) is 18.2 Å². The number of nitrogen functional groups attached to an aromatic ring is 1. The highest BCUT2D eigenvalue weighted by atomic mass is 28.3. The van der Waals surface area contributed by atoms with Gasteiger partial charge in [-0.2, -0.15) is 0 Å². The van der Waals surface area contributed by atoms with Gasteiger partial charge in [-0.1, -0.05) is 25.7 Å². The monoisotopic (exact) mass is 414 g/mol. The number of benzene rings is 1. The van der Waals surface area contributed by atoms with E-state index >= 15 is 0 Å². The number of nitrogens with zero attached hydrogens (tertiary/aromatic N) is 3. The summed E-state index contributed by atoms with van der Waals surface area (Å²) in [6, 6.07) is 8.05. The van der Waals surface area contributed by atoms with Gasteiger partial charge < -0.3 is 24.5 Å². The number of methoxy groups -OCH3 is 1. The Morgan fingerprint density at radius 3 is 2.76 bits per heavy atom. The van der Waals surface area contributed by atoms with Gasteiger partial charge in [0, 0.05) is 32.6 Å². The van der Waals surface area contributed by atoms with Crippen molar-refractivity contribution >= 4 is 30.9 Å². The van der Waals surface area contributed by atoms with Gasteiger partial charge in [0.2, 0.25) is 5.88 Å². The van der Waals surface area contributed by atoms with Crippen LogP contribution < -0.4 is 10.5 Å². The molecule has 0 spiro atoms. The Kier molecular flexibility index (Phi) is 6.19. The molecule has 0 saturated carbocycles. The van der Waals surface area contributed by atoms with Gasteiger partial charge in [0.1, 0.15) is 23.6 Å². The third-order valence-electron chi connectivity index (χ3n) is 4.26. The lowest BCUT2D eigenvalue weighted by Crippen LogP contribution is -2.22. The summed E-state index contributed by atoms with van der Waals surface area (Å²) in [7, 11) is 0.152. The van der Waals surface area contributed by atoms with Crippen LogP contribution in [-0.2, 0) is 16.2 Å². The van der Waals surface area contributed by atoms with E-state index in [2.05, 4.69) is 29.6 Å². The van der Waals surface area contributed by atoms with Crippen LogP contribution in [0.15, 0.2) is 36.7 Å². The molecular weight excluding hydrogens is 388 g/mol. The first-order chi connectivity index (χ1) is 13.8. The zero-order valence-corrected chi connectivity index (χ0v) is 18.1. The molecule has 0 saturated heterocycles. The molecular formula is C20H26N4O4Si. The molecule has 29 heavy (non-hydrogen) atoms. The Morgan fingerprint density at radius 1 is 1.28 bits per heavy atom. The minimum absolute atomic E-state index is 0.255. The summed E-state index contributed by atoms with van der Waals surface area (Å²) in [6.07, 6.45) is 3.15. The van der Waals surface area contributed by atoms with Crippen LogP contribution in [0.1, 0.15) is 10.4 Å². The quantitative estimate of drug-likeness (QED) is 0.258. The van der Waals surface area contributed by atoms with Crippen LogP contribution in [0.5, 0.6) is 11.6 Å². The predicted molar refractivity (Wildman–Crippen MR) is 114 cm³/mol. The van der Waals surface area contributed by atoms with Crippen molar-refractivity contribution < 1.29 is 19.0 Å². The number of carbonyl (C=O) groups is 1. The molecule has 2 aromatic heterocycles. The van der Waals surface area contributed by atoms with Crippen molar-refractivity contribution in [2.45, 2.75) is 32.4 Å². The van der Waals surface area contributed by atoms with E-state index < -0.39 is 14.0 Å². The Labute approximate surface area is 170 Å². The molecule has 9 heteroatoms. The van der Waals surface area contributed by atoms with Crippen LogP contribution in [0, 0.1) is 0 Å². The van der Waals surface area contributed by atoms with E-state index in [-0.39, 0.29) is 12.6 Å². The average Bonchev–Trinajstić information content (AvgIpc) is 3.02. The highest BCUT2D eigenvalue weighted by Crippen LogP contribution is 2.25. The zero-order valence-electron chi connectivity index (χ0n) is 17.1. The van der Waals surface area contributed by atoms with E-state index in [1.165, 1.54) is 13.3 Å². The highest BCUT2D eigenvalue weighted by molar-refractivity contribution is 6.76. The third kappa shape index (κ3) is 5.33. The number of rotatable bonds is 8. The molecule has 1 aromatic carbocycles. The first-order valence-corrected chi connectivity index (χ1v) is 13.0. The molecule has 2 N–H and O–H groups in total. The van der Waals surface area contributed by atoms with Crippen LogP contribution in [0.4, 0.5) is 5.69 Å². The van der Waals surface area contributed by atoms with Crippen LogP contribution >= 0.6 is 0 Å². The molecule has 0 radical (unpaired) electrons. The smallest absolute Gasteiger partial charge is 0.341 e. The summed E-state index contributed by atoms with van der Waals surface area (Å²) < 4.78 is 18.2. The van der Waals surface area contributed by atoms with E-state index in [4.69, 9.17) is 19.9 Å². The van der Waals surface area contributed by atoms with Gasteiger partial charge in [-0.3, -0.25) is 0 Å². The van der Waals surface area contributed by atoms with Crippen molar-refractivity contribution in [3.63, 3.8) is 0 Å². The normalized spacial score (nSPS) is 11.6. The molecule has 0 aliphatic heterocycles. The summed E-state index contributed by atoms with van der Waals surface area (Å²) in [4.78, 5) is 21.1. The summed E-state index contributed by atoms with van der Waals surface area (Å²) in [5, 5.41) is 0. The van der Waals surface area contributed by atoms with E-state index in [0.717, 1.165) is 6.04 Å². The average molecular weight is 415 g/mol. The molecule has 2 heterocycles. The van der Waals surface area contributed by atoms with Crippen molar-refractivity contribution in [1.29, 1.82) is 0 Å². The van der Waals surface area contributed by atoms with Gasteiger partial charge in [-0.25, -0.2) is 14.8 Å². The second-order valence-corrected chi connectivity index (χ2v) is 13.5. The van der Waals surface area contributed by atoms with Crippen molar-refractivity contribution in [3.05, 3.63) is 42.2 Å². The predicted octanol–water partition coefficient (Wildman–Crippen LogP) is 3.90. The Morgan fingerprint density at radius 2 is 2.07 bits per heavy atom. The highest BCUT2D eigenvalue weighted by Gasteiger charge is 2.20. The number of anilines is 1. The van der Waals surface area contributed by atoms with Gasteiger partial charge in [0.25, 0.3) is 0 Å². The lowest BCUT2D eigenvalue weighted by atomic mass is 10.3. The molecule has 0 amide bonds. The summed E-state index contributed by atoms with van der Waals surface area (Å²) in [6.45, 7) is 7.83. The molecule has 0 atom stereocenters. The maximum absolute atomic E-state index is 12.2. The molecule has 0 bridgehead atoms. The fourth-order valence-corrected chi connectivity index (χ4v) is 3.44. The van der Waals surface area contributed by atoms with Crippen molar-refractivity contribution in [1.82, 2.24) is 14.5 Å². The lowest BCUT2D eigenvalue weighted by molar-refractivity contribution is 0.0600. The minimum atomic E-state index is -1.18. The first-order valence-electron chi connectivity index (χ1n) is 9.32. The van der Waals surface area contributed by atoms with Crippen LogP contribution in [-0.4, -0.2) is 42.3 Å². The van der Waals surface area contributed by atoms with E-state index in [9.17, 15) is 4.79 Å². The number of hydrogen-bond donors (Lipinski definition) is 1. The van der Waals surface area contributed by atoms with E-state index in [1.54, 1.807) is 35.0 Å². The second-order valence-electron chi connectivity index (χ2n) is 7.91. The number of carbonyl (C=O) groups excluding carboxylic acids is 1. The second kappa shape index (κ2) is 8.62. The zero-order chi connectivity index (χ0) is 21.0. The Bertz CT molecular complexity index is 1010. The molecule has 0 aliphatic carbocycles. The molecule has 0 aliphatic rings. The van der Waals surface area contributed by atoms with Crippen LogP contribution in [0.3, 0.4) is 0 Å². The van der Waals surface area contributed by atoms with Crippen molar-refractivity contribution in [2.24, 2.45) is 0 Å². The summed E-state index contributed by atoms with van der Waals surface area (Å²) in [5.74, 6) is 0.296. The summed E-state index contributed by atoms with van der Waals surface area (Å²) in [5.41, 5.74) is 7.59. The number of fused-ring (bicyclic) bond motifs is 1. The topological polar surface area (TPSA) is 101 Å². The van der Waals surface area contributed by atoms with Crippen LogP contribution in [0.25, 0.3) is 11.2 Å². The van der Waals surface area contributed by atoms with Gasteiger partial charge in [0.15, 0.2) is 5.65 Å². The fraction of sp³-hybridized carbons (Fsp3) is 0.350. The number of hydrogen-bond acceptors (Lipinski definition) is 7. The Balaban J connectivity index is 1.86. The van der Waals surface area contributed by atoms with Crippen molar-refractivity contribution in [2.75, 3.05) is 19.5 Å². The standard InChI is InChI=1S/C20H26N4O4Si/c1-26-20(25)16-12-24(13-27-8-9-29(2,3)4)19-18(16)23-17(11-22-19)28-15-7-5-6-14(21)10-15/h5-7,10-12H,8-9,13,21H2,1-4H3. The van der Waals surface area contributed by atoms with Gasteiger partial charge in [0.05, 0.1) is 13.3 Å². The molecule has 154 valence electrons. The molecule has 0 unspecified atom stereocenters. The molecule has 0 fully saturated rings. The third-order valence-corrected chi connectivity index (χ3v) is 5.96. The number of nitrogens with two attached hydrogens (primary N) is 1. The number of aromatic nitrogens is 3. The van der Waals surface area contributed by atoms with Crippen LogP contribution in [0.2, 0.25) is 25.7 Å². The van der Waals surface area contributed by atoms with Gasteiger partial charge in [-0.15, -0.1) is 0 Å². The molecule has 3 aromatic rings. The SMILES string of the molecule is COC(=O)c1cn(COCC[Si](C)(C)C)c2ncc(Oc3cccc(N)c3)nc12. The number of ether oxygens (including phenoxy) is 3. The van der Waals surface area contributed by atoms with E-state index in [1.807, 2.05) is 0 Å².